The van der Waals surface area contributed by atoms with E-state index in [1.165, 1.54) is 5.56 Å². The van der Waals surface area contributed by atoms with Gasteiger partial charge in [-0.2, -0.15) is 0 Å². The molecule has 1 rings (SSSR count). The minimum absolute atomic E-state index is 0. The van der Waals surface area contributed by atoms with Crippen molar-refractivity contribution in [2.45, 2.75) is 26.7 Å². The average Bonchev–Trinajstić information content (AvgIpc) is 2.04. The first-order valence-electron chi connectivity index (χ1n) is 4.09. The van der Waals surface area contributed by atoms with E-state index >= 15 is 0 Å². The van der Waals surface area contributed by atoms with Gasteiger partial charge in [-0.3, -0.25) is 0 Å². The summed E-state index contributed by atoms with van der Waals surface area (Å²) in [6, 6.07) is 5.71. The largest absolute Gasteiger partial charge is 0.508 e. The first-order valence-corrected chi connectivity index (χ1v) is 4.09. The van der Waals surface area contributed by atoms with Gasteiger partial charge in [0.1, 0.15) is 5.75 Å². The van der Waals surface area contributed by atoms with E-state index < -0.39 is 0 Å². The van der Waals surface area contributed by atoms with Crippen molar-refractivity contribution in [2.75, 3.05) is 0 Å². The van der Waals surface area contributed by atoms with Crippen LogP contribution in [0.2, 0.25) is 0 Å². The number of phenolic OH excluding ortho intramolecular Hbond substituents is 1. The molecule has 0 unspecified atom stereocenters. The molecule has 62 valence electrons. The van der Waals surface area contributed by atoms with Crippen molar-refractivity contribution in [3.8, 4) is 5.75 Å². The molecule has 0 spiro atoms. The molecular weight excluding hydrogens is 176 g/mol. The van der Waals surface area contributed by atoms with Crippen molar-refractivity contribution in [3.05, 3.63) is 29.3 Å². The molecule has 1 N–H and O–H groups in total. The van der Waals surface area contributed by atoms with Crippen LogP contribution in [0.5, 0.6) is 5.75 Å². The SMILES string of the molecule is CCc1cccc(O)c1CC.[Ca]. The van der Waals surface area contributed by atoms with Crippen molar-refractivity contribution in [3.63, 3.8) is 0 Å². The Morgan fingerprint density at radius 1 is 1.17 bits per heavy atom. The van der Waals surface area contributed by atoms with E-state index in [9.17, 15) is 5.11 Å². The van der Waals surface area contributed by atoms with Crippen LogP contribution in [-0.2, 0) is 12.8 Å². The molecule has 0 aliphatic carbocycles. The smallest absolute Gasteiger partial charge is 0.119 e. The molecule has 0 aliphatic heterocycles. The van der Waals surface area contributed by atoms with Gasteiger partial charge in [0.25, 0.3) is 0 Å². The molecule has 0 saturated carbocycles. The fourth-order valence-corrected chi connectivity index (χ4v) is 1.36. The summed E-state index contributed by atoms with van der Waals surface area (Å²) in [5.74, 6) is 0.437. The van der Waals surface area contributed by atoms with E-state index in [4.69, 9.17) is 0 Å². The van der Waals surface area contributed by atoms with Gasteiger partial charge in [-0.05, 0) is 30.0 Å². The predicted molar refractivity (Wildman–Crippen MR) is 52.6 cm³/mol. The maximum Gasteiger partial charge on any atom is 0.119 e. The second-order valence-electron chi connectivity index (χ2n) is 2.62. The molecule has 0 heterocycles. The van der Waals surface area contributed by atoms with Gasteiger partial charge in [0, 0.05) is 37.7 Å². The van der Waals surface area contributed by atoms with Gasteiger partial charge in [-0.15, -0.1) is 0 Å². The fraction of sp³-hybridized carbons (Fsp3) is 0.400. The van der Waals surface area contributed by atoms with Crippen LogP contribution in [0, 0.1) is 0 Å². The minimum atomic E-state index is 0. The first-order chi connectivity index (χ1) is 5.29. The summed E-state index contributed by atoms with van der Waals surface area (Å²) in [5.41, 5.74) is 2.35. The number of hydrogen-bond acceptors (Lipinski definition) is 1. The third-order valence-corrected chi connectivity index (χ3v) is 1.98. The van der Waals surface area contributed by atoms with E-state index in [1.54, 1.807) is 6.07 Å². The normalized spacial score (nSPS) is 9.17. The Morgan fingerprint density at radius 3 is 2.25 bits per heavy atom. The zero-order chi connectivity index (χ0) is 8.27. The summed E-state index contributed by atoms with van der Waals surface area (Å²) in [4.78, 5) is 0. The molecule has 1 nitrogen and oxygen atoms in total. The molecule has 0 bridgehead atoms. The Morgan fingerprint density at radius 2 is 1.83 bits per heavy atom. The second kappa shape index (κ2) is 5.85. The Hall–Kier alpha value is 0.280. The Balaban J connectivity index is 0.00000121. The van der Waals surface area contributed by atoms with Gasteiger partial charge < -0.3 is 5.11 Å². The fourth-order valence-electron chi connectivity index (χ4n) is 1.36. The molecule has 0 amide bonds. The molecule has 1 aromatic rings. The van der Waals surface area contributed by atoms with Gasteiger partial charge in [0.2, 0.25) is 0 Å². The van der Waals surface area contributed by atoms with Crippen molar-refractivity contribution in [1.29, 1.82) is 0 Å². The number of benzene rings is 1. The van der Waals surface area contributed by atoms with Crippen LogP contribution in [0.3, 0.4) is 0 Å². The molecule has 2 heteroatoms. The molecule has 1 aromatic carbocycles. The quantitative estimate of drug-likeness (QED) is 0.708. The van der Waals surface area contributed by atoms with Crippen molar-refractivity contribution in [2.24, 2.45) is 0 Å². The summed E-state index contributed by atoms with van der Waals surface area (Å²) >= 11 is 0. The van der Waals surface area contributed by atoms with Crippen molar-refractivity contribution < 1.29 is 5.11 Å². The van der Waals surface area contributed by atoms with Crippen LogP contribution in [0.15, 0.2) is 18.2 Å². The summed E-state index contributed by atoms with van der Waals surface area (Å²) in [6.07, 6.45) is 1.91. The number of hydrogen-bond donors (Lipinski definition) is 1. The molecule has 2 radical (unpaired) electrons. The molecular formula is C10H14CaO. The topological polar surface area (TPSA) is 20.2 Å². The average molecular weight is 190 g/mol. The third-order valence-electron chi connectivity index (χ3n) is 1.98. The number of phenols is 1. The van der Waals surface area contributed by atoms with E-state index in [0.29, 0.717) is 5.75 Å². The third kappa shape index (κ3) is 2.65. The summed E-state index contributed by atoms with van der Waals surface area (Å²) < 4.78 is 0. The Bertz CT molecular complexity index is 246. The molecule has 0 atom stereocenters. The number of aromatic hydroxyl groups is 1. The maximum atomic E-state index is 9.42. The van der Waals surface area contributed by atoms with E-state index in [0.717, 1.165) is 18.4 Å². The van der Waals surface area contributed by atoms with Gasteiger partial charge in [0.05, 0.1) is 0 Å². The number of aryl methyl sites for hydroxylation is 1. The van der Waals surface area contributed by atoms with Gasteiger partial charge >= 0.3 is 0 Å². The first kappa shape index (κ1) is 12.3. The predicted octanol–water partition coefficient (Wildman–Crippen LogP) is 2.14. The zero-order valence-corrected chi connectivity index (χ0v) is 10.0. The maximum absolute atomic E-state index is 9.42. The van der Waals surface area contributed by atoms with Gasteiger partial charge in [-0.1, -0.05) is 26.0 Å². The van der Waals surface area contributed by atoms with Crippen LogP contribution in [0.1, 0.15) is 25.0 Å². The second-order valence-corrected chi connectivity index (χ2v) is 2.62. The van der Waals surface area contributed by atoms with Crippen LogP contribution >= 0.6 is 0 Å². The van der Waals surface area contributed by atoms with Crippen LogP contribution < -0.4 is 0 Å². The van der Waals surface area contributed by atoms with E-state index in [2.05, 4.69) is 19.9 Å². The zero-order valence-electron chi connectivity index (χ0n) is 7.80. The summed E-state index contributed by atoms with van der Waals surface area (Å²) in [7, 11) is 0. The van der Waals surface area contributed by atoms with Gasteiger partial charge in [0.15, 0.2) is 0 Å². The molecule has 0 aliphatic rings. The summed E-state index contributed by atoms with van der Waals surface area (Å²) in [5, 5.41) is 9.42. The van der Waals surface area contributed by atoms with Crippen LogP contribution in [-0.4, -0.2) is 42.8 Å². The van der Waals surface area contributed by atoms with Gasteiger partial charge in [-0.25, -0.2) is 0 Å². The standard InChI is InChI=1S/C10H14O.Ca/c1-3-8-6-5-7-10(11)9(8)4-2;/h5-7,11H,3-4H2,1-2H3;. The van der Waals surface area contributed by atoms with Crippen molar-refractivity contribution in [1.82, 2.24) is 0 Å². The van der Waals surface area contributed by atoms with Crippen LogP contribution in [0.25, 0.3) is 0 Å². The number of rotatable bonds is 2. The Kier molecular flexibility index (Phi) is 5.98. The Labute approximate surface area is 104 Å². The molecule has 0 saturated heterocycles. The summed E-state index contributed by atoms with van der Waals surface area (Å²) in [6.45, 7) is 4.17. The molecule has 0 aromatic heterocycles. The van der Waals surface area contributed by atoms with Crippen LogP contribution in [0.4, 0.5) is 0 Å². The van der Waals surface area contributed by atoms with E-state index in [-0.39, 0.29) is 37.7 Å². The monoisotopic (exact) mass is 190 g/mol. The van der Waals surface area contributed by atoms with E-state index in [1.807, 2.05) is 6.07 Å². The minimum Gasteiger partial charge on any atom is -0.508 e. The van der Waals surface area contributed by atoms with Crippen molar-refractivity contribution >= 4 is 37.7 Å². The molecule has 0 fully saturated rings. The molecule has 12 heavy (non-hydrogen) atoms.